The Morgan fingerprint density at radius 3 is 2.67 bits per heavy atom. The number of halogens is 2. The first-order chi connectivity index (χ1) is 5.65. The number of nitrogens with zero attached hydrogens (tertiary/aromatic N) is 2. The molecule has 0 saturated carbocycles. The molecule has 1 aromatic heterocycles. The van der Waals surface area contributed by atoms with Gasteiger partial charge in [0.15, 0.2) is 0 Å². The Kier molecular flexibility index (Phi) is 2.75. The fraction of sp³-hybridized carbons (Fsp3) is 0.571. The number of hydrogen-bond acceptors (Lipinski definition) is 2. The van der Waals surface area contributed by atoms with E-state index in [0.29, 0.717) is 5.69 Å². The van der Waals surface area contributed by atoms with Crippen molar-refractivity contribution in [3.63, 3.8) is 0 Å². The highest BCUT2D eigenvalue weighted by Crippen LogP contribution is 2.19. The molecule has 0 bridgehead atoms. The van der Waals surface area contributed by atoms with Crippen LogP contribution in [-0.2, 0) is 7.05 Å². The van der Waals surface area contributed by atoms with Gasteiger partial charge in [-0.25, -0.2) is 13.8 Å². The van der Waals surface area contributed by atoms with E-state index in [1.165, 1.54) is 6.33 Å². The fourth-order valence-corrected chi connectivity index (χ4v) is 0.977. The monoisotopic (exact) mass is 175 g/mol. The number of aromatic nitrogens is 2. The highest BCUT2D eigenvalue weighted by Gasteiger charge is 2.22. The molecule has 0 spiro atoms. The Morgan fingerprint density at radius 2 is 2.33 bits per heavy atom. The van der Waals surface area contributed by atoms with Crippen molar-refractivity contribution in [1.29, 1.82) is 0 Å². The molecule has 1 rings (SSSR count). The van der Waals surface area contributed by atoms with Gasteiger partial charge in [-0.2, -0.15) is 0 Å². The average molecular weight is 175 g/mol. The predicted molar refractivity (Wildman–Crippen MR) is 41.0 cm³/mol. The van der Waals surface area contributed by atoms with Crippen LogP contribution in [0.1, 0.15) is 11.6 Å². The normalized spacial score (nSPS) is 13.8. The molecule has 0 aliphatic carbocycles. The molecule has 0 aliphatic heterocycles. The van der Waals surface area contributed by atoms with E-state index in [1.807, 2.05) is 0 Å². The Hall–Kier alpha value is -0.970. The number of imidazole rings is 1. The third-order valence-corrected chi connectivity index (χ3v) is 1.66. The van der Waals surface area contributed by atoms with Crippen molar-refractivity contribution in [2.75, 3.05) is 6.54 Å². The van der Waals surface area contributed by atoms with Gasteiger partial charge >= 0.3 is 0 Å². The molecule has 2 N–H and O–H groups in total. The van der Waals surface area contributed by atoms with E-state index in [4.69, 9.17) is 5.73 Å². The first kappa shape index (κ1) is 9.12. The predicted octanol–water partition coefficient (Wildman–Crippen LogP) is 0.727. The van der Waals surface area contributed by atoms with Crippen LogP contribution in [0.5, 0.6) is 0 Å². The van der Waals surface area contributed by atoms with Crippen LogP contribution in [0.3, 0.4) is 0 Å². The molecule has 0 fully saturated rings. The second kappa shape index (κ2) is 3.62. The molecule has 0 saturated heterocycles. The third kappa shape index (κ3) is 1.79. The molecule has 68 valence electrons. The van der Waals surface area contributed by atoms with Crippen molar-refractivity contribution >= 4 is 0 Å². The van der Waals surface area contributed by atoms with E-state index in [9.17, 15) is 8.78 Å². The quantitative estimate of drug-likeness (QED) is 0.735. The van der Waals surface area contributed by atoms with Crippen LogP contribution in [0, 0.1) is 0 Å². The van der Waals surface area contributed by atoms with Crippen molar-refractivity contribution in [3.05, 3.63) is 18.2 Å². The van der Waals surface area contributed by atoms with Gasteiger partial charge in [0.05, 0.1) is 17.9 Å². The minimum Gasteiger partial charge on any atom is -0.340 e. The molecule has 0 amide bonds. The molecule has 0 aromatic carbocycles. The third-order valence-electron chi connectivity index (χ3n) is 1.66. The topological polar surface area (TPSA) is 43.8 Å². The second-order valence-corrected chi connectivity index (χ2v) is 2.64. The van der Waals surface area contributed by atoms with E-state index in [0.717, 1.165) is 0 Å². The maximum absolute atomic E-state index is 12.3. The second-order valence-electron chi connectivity index (χ2n) is 2.64. The number of rotatable bonds is 3. The zero-order valence-corrected chi connectivity index (χ0v) is 6.74. The Morgan fingerprint density at radius 1 is 1.67 bits per heavy atom. The van der Waals surface area contributed by atoms with Crippen molar-refractivity contribution in [3.8, 4) is 0 Å². The molecule has 12 heavy (non-hydrogen) atoms. The lowest BCUT2D eigenvalue weighted by Crippen LogP contribution is -2.19. The summed E-state index contributed by atoms with van der Waals surface area (Å²) in [5.41, 5.74) is 5.54. The minimum atomic E-state index is -2.44. The van der Waals surface area contributed by atoms with Gasteiger partial charge in [0, 0.05) is 19.8 Å². The van der Waals surface area contributed by atoms with E-state index < -0.39 is 12.3 Å². The number of aryl methyl sites for hydroxylation is 1. The molecule has 1 heterocycles. The Balaban J connectivity index is 2.80. The van der Waals surface area contributed by atoms with E-state index in [2.05, 4.69) is 4.98 Å². The van der Waals surface area contributed by atoms with E-state index >= 15 is 0 Å². The smallest absolute Gasteiger partial charge is 0.248 e. The molecule has 0 aliphatic rings. The van der Waals surface area contributed by atoms with Gasteiger partial charge in [0.1, 0.15) is 0 Å². The molecular weight excluding hydrogens is 164 g/mol. The summed E-state index contributed by atoms with van der Waals surface area (Å²) in [7, 11) is 1.73. The molecule has 1 aromatic rings. The summed E-state index contributed by atoms with van der Waals surface area (Å²) in [5, 5.41) is 0. The first-order valence-electron chi connectivity index (χ1n) is 3.61. The Bertz CT molecular complexity index is 247. The van der Waals surface area contributed by atoms with E-state index in [-0.39, 0.29) is 6.54 Å². The summed E-state index contributed by atoms with van der Waals surface area (Å²) in [6, 6.07) is 0. The van der Waals surface area contributed by atoms with Gasteiger partial charge in [-0.3, -0.25) is 0 Å². The van der Waals surface area contributed by atoms with Gasteiger partial charge in [-0.05, 0) is 0 Å². The first-order valence-corrected chi connectivity index (χ1v) is 3.61. The zero-order chi connectivity index (χ0) is 9.14. The highest BCUT2D eigenvalue weighted by atomic mass is 19.3. The van der Waals surface area contributed by atoms with Crippen LogP contribution >= 0.6 is 0 Å². The summed E-state index contributed by atoms with van der Waals surface area (Å²) < 4.78 is 26.2. The van der Waals surface area contributed by atoms with Gasteiger partial charge < -0.3 is 10.3 Å². The van der Waals surface area contributed by atoms with Crippen molar-refractivity contribution < 1.29 is 8.78 Å². The van der Waals surface area contributed by atoms with Crippen LogP contribution in [-0.4, -0.2) is 22.5 Å². The highest BCUT2D eigenvalue weighted by molar-refractivity contribution is 5.06. The number of alkyl halides is 2. The van der Waals surface area contributed by atoms with Gasteiger partial charge in [-0.1, -0.05) is 0 Å². The van der Waals surface area contributed by atoms with Crippen LogP contribution in [0.2, 0.25) is 0 Å². The Labute approximate surface area is 69.2 Å². The summed E-state index contributed by atoms with van der Waals surface area (Å²) in [6.07, 6.45) is 0.606. The largest absolute Gasteiger partial charge is 0.340 e. The van der Waals surface area contributed by atoms with Crippen LogP contribution < -0.4 is 5.73 Å². The van der Waals surface area contributed by atoms with Crippen molar-refractivity contribution in [2.24, 2.45) is 12.8 Å². The molecule has 5 heteroatoms. The number of hydrogen-bond donors (Lipinski definition) is 1. The molecule has 1 unspecified atom stereocenters. The van der Waals surface area contributed by atoms with Crippen LogP contribution in [0.4, 0.5) is 8.78 Å². The maximum atomic E-state index is 12.3. The summed E-state index contributed by atoms with van der Waals surface area (Å²) in [4.78, 5) is 3.81. The van der Waals surface area contributed by atoms with Crippen molar-refractivity contribution in [1.82, 2.24) is 9.55 Å². The summed E-state index contributed by atoms with van der Waals surface area (Å²) >= 11 is 0. The maximum Gasteiger partial charge on any atom is 0.248 e. The van der Waals surface area contributed by atoms with E-state index in [1.54, 1.807) is 17.8 Å². The SMILES string of the molecule is Cn1cnc(C(CN)C(F)F)c1. The van der Waals surface area contributed by atoms with Gasteiger partial charge in [0.25, 0.3) is 0 Å². The summed E-state index contributed by atoms with van der Waals surface area (Å²) in [6.45, 7) is -0.0747. The zero-order valence-electron chi connectivity index (χ0n) is 6.74. The van der Waals surface area contributed by atoms with Crippen LogP contribution in [0.15, 0.2) is 12.5 Å². The lowest BCUT2D eigenvalue weighted by atomic mass is 10.1. The average Bonchev–Trinajstić information content (AvgIpc) is 2.37. The van der Waals surface area contributed by atoms with Crippen molar-refractivity contribution in [2.45, 2.75) is 12.3 Å². The molecule has 0 radical (unpaired) electrons. The number of nitrogens with two attached hydrogens (primary N) is 1. The standard InChI is InChI=1S/C7H11F2N3/c1-12-3-6(11-4-12)5(2-10)7(8)9/h3-5,7H,2,10H2,1H3. The molecule has 1 atom stereocenters. The fourth-order valence-electron chi connectivity index (χ4n) is 0.977. The minimum absolute atomic E-state index is 0.0747. The van der Waals surface area contributed by atoms with Gasteiger partial charge in [-0.15, -0.1) is 0 Å². The van der Waals surface area contributed by atoms with Gasteiger partial charge in [0.2, 0.25) is 6.43 Å². The molecular formula is C7H11F2N3. The summed E-state index contributed by atoms with van der Waals surface area (Å²) in [5.74, 6) is -0.939. The lowest BCUT2D eigenvalue weighted by molar-refractivity contribution is 0.115. The lowest BCUT2D eigenvalue weighted by Gasteiger charge is -2.09. The van der Waals surface area contributed by atoms with Crippen LogP contribution in [0.25, 0.3) is 0 Å². The molecule has 3 nitrogen and oxygen atoms in total.